The van der Waals surface area contributed by atoms with Crippen LogP contribution in [-0.2, 0) is 5.54 Å². The number of halogens is 2. The number of benzene rings is 1. The third-order valence-electron chi connectivity index (χ3n) is 2.28. The van der Waals surface area contributed by atoms with E-state index in [0.717, 1.165) is 4.47 Å². The van der Waals surface area contributed by atoms with E-state index in [9.17, 15) is 4.39 Å². The van der Waals surface area contributed by atoms with Crippen LogP contribution in [0.1, 0.15) is 25.8 Å². The summed E-state index contributed by atoms with van der Waals surface area (Å²) in [5.74, 6) is -0.241. The van der Waals surface area contributed by atoms with Crippen molar-refractivity contribution >= 4 is 15.9 Å². The molecule has 0 fully saturated rings. The minimum Gasteiger partial charge on any atom is -0.322 e. The van der Waals surface area contributed by atoms with E-state index < -0.39 is 5.54 Å². The molecule has 0 heterocycles. The average molecular weight is 246 g/mol. The summed E-state index contributed by atoms with van der Waals surface area (Å²) in [6, 6.07) is 4.84. The SMILES string of the molecule is CCC(C)(N)c1cc(Br)ccc1F. The van der Waals surface area contributed by atoms with Crippen molar-refractivity contribution in [3.63, 3.8) is 0 Å². The lowest BCUT2D eigenvalue weighted by Crippen LogP contribution is -2.33. The van der Waals surface area contributed by atoms with Gasteiger partial charge in [0.05, 0.1) is 0 Å². The van der Waals surface area contributed by atoms with Crippen molar-refractivity contribution in [3.05, 3.63) is 34.1 Å². The summed E-state index contributed by atoms with van der Waals surface area (Å²) >= 11 is 3.30. The van der Waals surface area contributed by atoms with E-state index in [2.05, 4.69) is 15.9 Å². The van der Waals surface area contributed by atoms with Crippen LogP contribution < -0.4 is 5.73 Å². The highest BCUT2D eigenvalue weighted by atomic mass is 79.9. The zero-order valence-corrected chi connectivity index (χ0v) is 9.36. The largest absolute Gasteiger partial charge is 0.322 e. The fourth-order valence-corrected chi connectivity index (χ4v) is 1.49. The first kappa shape index (κ1) is 10.7. The Kier molecular flexibility index (Phi) is 3.09. The molecule has 0 radical (unpaired) electrons. The molecular formula is C10H13BrFN. The van der Waals surface area contributed by atoms with Crippen LogP contribution in [0.2, 0.25) is 0 Å². The summed E-state index contributed by atoms with van der Waals surface area (Å²) in [6.07, 6.45) is 0.709. The Morgan fingerprint density at radius 1 is 1.54 bits per heavy atom. The van der Waals surface area contributed by atoms with Gasteiger partial charge >= 0.3 is 0 Å². The van der Waals surface area contributed by atoms with Crippen LogP contribution >= 0.6 is 15.9 Å². The van der Waals surface area contributed by atoms with Gasteiger partial charge < -0.3 is 5.73 Å². The Labute approximate surface area is 86.3 Å². The van der Waals surface area contributed by atoms with E-state index >= 15 is 0 Å². The van der Waals surface area contributed by atoms with Crippen LogP contribution in [0.4, 0.5) is 4.39 Å². The van der Waals surface area contributed by atoms with Crippen molar-refractivity contribution in [2.24, 2.45) is 5.73 Å². The van der Waals surface area contributed by atoms with E-state index in [0.29, 0.717) is 12.0 Å². The summed E-state index contributed by atoms with van der Waals surface area (Å²) in [7, 11) is 0. The van der Waals surface area contributed by atoms with Gasteiger partial charge in [0.2, 0.25) is 0 Å². The van der Waals surface area contributed by atoms with Crippen LogP contribution in [0, 0.1) is 5.82 Å². The molecule has 72 valence electrons. The molecule has 1 rings (SSSR count). The summed E-state index contributed by atoms with van der Waals surface area (Å²) in [6.45, 7) is 3.78. The summed E-state index contributed by atoms with van der Waals surface area (Å²) in [5, 5.41) is 0. The van der Waals surface area contributed by atoms with E-state index in [-0.39, 0.29) is 5.82 Å². The first-order chi connectivity index (χ1) is 5.97. The quantitative estimate of drug-likeness (QED) is 0.852. The number of hydrogen-bond donors (Lipinski definition) is 1. The lowest BCUT2D eigenvalue weighted by molar-refractivity contribution is 0.445. The van der Waals surface area contributed by atoms with Gasteiger partial charge in [-0.15, -0.1) is 0 Å². The molecule has 0 bridgehead atoms. The molecule has 0 aromatic heterocycles. The summed E-state index contributed by atoms with van der Waals surface area (Å²) in [4.78, 5) is 0. The van der Waals surface area contributed by atoms with Gasteiger partial charge in [-0.2, -0.15) is 0 Å². The average Bonchev–Trinajstić information content (AvgIpc) is 2.09. The summed E-state index contributed by atoms with van der Waals surface area (Å²) < 4.78 is 14.2. The standard InChI is InChI=1S/C10H13BrFN/c1-3-10(2,13)8-6-7(11)4-5-9(8)12/h4-6H,3,13H2,1-2H3. The highest BCUT2D eigenvalue weighted by Crippen LogP contribution is 2.26. The Bertz CT molecular complexity index is 310. The maximum atomic E-state index is 13.4. The van der Waals surface area contributed by atoms with Gasteiger partial charge in [0, 0.05) is 15.6 Å². The van der Waals surface area contributed by atoms with E-state index in [1.165, 1.54) is 6.07 Å². The second-order valence-corrected chi connectivity index (χ2v) is 4.31. The minimum atomic E-state index is -0.589. The molecule has 1 atom stereocenters. The zero-order valence-electron chi connectivity index (χ0n) is 7.77. The predicted molar refractivity (Wildman–Crippen MR) is 55.9 cm³/mol. The molecule has 1 unspecified atom stereocenters. The van der Waals surface area contributed by atoms with Gasteiger partial charge in [-0.25, -0.2) is 4.39 Å². The third kappa shape index (κ3) is 2.29. The van der Waals surface area contributed by atoms with Crippen molar-refractivity contribution in [1.82, 2.24) is 0 Å². The fraction of sp³-hybridized carbons (Fsp3) is 0.400. The van der Waals surface area contributed by atoms with Crippen LogP contribution in [0.5, 0.6) is 0 Å². The van der Waals surface area contributed by atoms with Crippen LogP contribution in [0.3, 0.4) is 0 Å². The monoisotopic (exact) mass is 245 g/mol. The lowest BCUT2D eigenvalue weighted by atomic mass is 9.90. The van der Waals surface area contributed by atoms with Crippen LogP contribution in [-0.4, -0.2) is 0 Å². The second-order valence-electron chi connectivity index (χ2n) is 3.40. The molecule has 0 spiro atoms. The number of rotatable bonds is 2. The van der Waals surface area contributed by atoms with Crippen molar-refractivity contribution < 1.29 is 4.39 Å². The maximum absolute atomic E-state index is 13.4. The third-order valence-corrected chi connectivity index (χ3v) is 2.77. The van der Waals surface area contributed by atoms with Gasteiger partial charge in [0.15, 0.2) is 0 Å². The lowest BCUT2D eigenvalue weighted by Gasteiger charge is -2.23. The highest BCUT2D eigenvalue weighted by Gasteiger charge is 2.22. The van der Waals surface area contributed by atoms with E-state index in [4.69, 9.17) is 5.73 Å². The molecule has 0 amide bonds. The zero-order chi connectivity index (χ0) is 10.1. The Morgan fingerprint density at radius 3 is 2.69 bits per heavy atom. The number of hydrogen-bond acceptors (Lipinski definition) is 1. The molecule has 0 saturated heterocycles. The highest BCUT2D eigenvalue weighted by molar-refractivity contribution is 9.10. The topological polar surface area (TPSA) is 26.0 Å². The molecule has 13 heavy (non-hydrogen) atoms. The molecule has 2 N–H and O–H groups in total. The van der Waals surface area contributed by atoms with Crippen LogP contribution in [0.15, 0.2) is 22.7 Å². The van der Waals surface area contributed by atoms with Crippen molar-refractivity contribution in [2.45, 2.75) is 25.8 Å². The van der Waals surface area contributed by atoms with Gasteiger partial charge in [0.1, 0.15) is 5.82 Å². The minimum absolute atomic E-state index is 0.241. The van der Waals surface area contributed by atoms with Crippen LogP contribution in [0.25, 0.3) is 0 Å². The first-order valence-corrected chi connectivity index (χ1v) is 5.01. The second kappa shape index (κ2) is 3.76. The van der Waals surface area contributed by atoms with Gasteiger partial charge in [-0.1, -0.05) is 22.9 Å². The molecule has 1 nitrogen and oxygen atoms in total. The Morgan fingerprint density at radius 2 is 2.15 bits per heavy atom. The fourth-order valence-electron chi connectivity index (χ4n) is 1.13. The molecular weight excluding hydrogens is 233 g/mol. The molecule has 0 saturated carbocycles. The van der Waals surface area contributed by atoms with Gasteiger partial charge in [-0.05, 0) is 31.5 Å². The first-order valence-electron chi connectivity index (χ1n) is 4.22. The Balaban J connectivity index is 3.20. The predicted octanol–water partition coefficient (Wildman–Crippen LogP) is 3.17. The molecule has 0 aliphatic rings. The number of nitrogens with two attached hydrogens (primary N) is 1. The normalized spacial score (nSPS) is 15.5. The van der Waals surface area contributed by atoms with Crippen molar-refractivity contribution in [3.8, 4) is 0 Å². The molecule has 1 aromatic carbocycles. The molecule has 0 aliphatic carbocycles. The molecule has 0 aliphatic heterocycles. The van der Waals surface area contributed by atoms with Crippen molar-refractivity contribution in [1.29, 1.82) is 0 Å². The summed E-state index contributed by atoms with van der Waals surface area (Å²) in [5.41, 5.74) is 5.92. The van der Waals surface area contributed by atoms with E-state index in [1.807, 2.05) is 13.8 Å². The van der Waals surface area contributed by atoms with Gasteiger partial charge in [0.25, 0.3) is 0 Å². The maximum Gasteiger partial charge on any atom is 0.128 e. The smallest absolute Gasteiger partial charge is 0.128 e. The van der Waals surface area contributed by atoms with E-state index in [1.54, 1.807) is 12.1 Å². The Hall–Kier alpha value is -0.410. The molecule has 1 aromatic rings. The van der Waals surface area contributed by atoms with Crippen molar-refractivity contribution in [2.75, 3.05) is 0 Å². The van der Waals surface area contributed by atoms with Gasteiger partial charge in [-0.3, -0.25) is 0 Å². The molecule has 3 heteroatoms.